The van der Waals surface area contributed by atoms with Gasteiger partial charge in [0.05, 0.1) is 44.8 Å². The third-order valence-corrected chi connectivity index (χ3v) is 10.9. The lowest BCUT2D eigenvalue weighted by Gasteiger charge is -2.13. The summed E-state index contributed by atoms with van der Waals surface area (Å²) in [4.78, 5) is 10.1. The third kappa shape index (κ3) is 5.15. The Morgan fingerprint density at radius 2 is 0.750 bits per heavy atom. The summed E-state index contributed by atoms with van der Waals surface area (Å²) in [6.07, 6.45) is 0. The number of para-hydroxylation sites is 4. The van der Waals surface area contributed by atoms with Crippen molar-refractivity contribution in [3.05, 3.63) is 206 Å². The highest BCUT2D eigenvalue weighted by Gasteiger charge is 2.24. The molecule has 0 radical (unpaired) electrons. The molecule has 262 valence electrons. The molecule has 0 saturated carbocycles. The van der Waals surface area contributed by atoms with Crippen LogP contribution < -0.4 is 0 Å². The van der Waals surface area contributed by atoms with E-state index in [2.05, 4.69) is 179 Å². The minimum absolute atomic E-state index is 0.846. The van der Waals surface area contributed by atoms with Gasteiger partial charge < -0.3 is 9.13 Å². The summed E-state index contributed by atoms with van der Waals surface area (Å²) >= 11 is 0. The molecule has 0 spiro atoms. The fraction of sp³-hybridized carbons (Fsp3) is 0. The van der Waals surface area contributed by atoms with Crippen molar-refractivity contribution in [3.63, 3.8) is 0 Å². The van der Waals surface area contributed by atoms with Crippen molar-refractivity contribution in [2.45, 2.75) is 0 Å². The van der Waals surface area contributed by atoms with E-state index >= 15 is 0 Å². The van der Waals surface area contributed by atoms with Crippen LogP contribution in [0.5, 0.6) is 0 Å². The summed E-state index contributed by atoms with van der Waals surface area (Å²) in [5.74, 6) is 0. The van der Waals surface area contributed by atoms with Gasteiger partial charge in [-0.25, -0.2) is 9.97 Å². The van der Waals surface area contributed by atoms with Gasteiger partial charge in [-0.05, 0) is 77.9 Å². The lowest BCUT2D eigenvalue weighted by atomic mass is 9.95. The lowest BCUT2D eigenvalue weighted by Crippen LogP contribution is -1.96. The van der Waals surface area contributed by atoms with E-state index in [9.17, 15) is 0 Å². The highest BCUT2D eigenvalue weighted by atomic mass is 15.0. The molecule has 0 atom stereocenters. The van der Waals surface area contributed by atoms with Gasteiger partial charge in [-0.15, -0.1) is 0 Å². The maximum atomic E-state index is 5.12. The van der Waals surface area contributed by atoms with Gasteiger partial charge in [0.25, 0.3) is 0 Å². The summed E-state index contributed by atoms with van der Waals surface area (Å²) in [6.45, 7) is 0. The molecule has 0 saturated heterocycles. The molecule has 4 nitrogen and oxygen atoms in total. The molecule has 0 fully saturated rings. The first-order valence-corrected chi connectivity index (χ1v) is 19.0. The van der Waals surface area contributed by atoms with Crippen LogP contribution in [0.25, 0.3) is 100 Å². The zero-order valence-electron chi connectivity index (χ0n) is 30.4. The first-order valence-electron chi connectivity index (χ1n) is 19.0. The highest BCUT2D eigenvalue weighted by Crippen LogP contribution is 2.46. The second-order valence-electron chi connectivity index (χ2n) is 14.2. The SMILES string of the molecule is c1ccc(-c2cccc(-c3cccc(-c4ccc(-c5cc6c(c7ccccc7n6-c6ccccc6)c6c5c5ccccc5n6-c5ccccc5)cc4)n3)n2)cc1. The van der Waals surface area contributed by atoms with Crippen LogP contribution in [0, 0.1) is 0 Å². The Hall–Kier alpha value is -7.56. The van der Waals surface area contributed by atoms with Crippen LogP contribution >= 0.6 is 0 Å². The van der Waals surface area contributed by atoms with Crippen LogP contribution in [-0.4, -0.2) is 19.1 Å². The van der Waals surface area contributed by atoms with Crippen LogP contribution in [0.15, 0.2) is 206 Å². The standard InChI is InChI=1S/C52H34N4/c1-4-16-36(17-5-1)43-24-14-26-45(53-43)46-27-15-25-44(54-46)37-32-30-35(31-33-37)42-34-49-51(41-23-11-12-28-47(41)55(49)38-18-6-2-7-19-38)52-50(42)40-22-10-13-29-48(40)56(52)39-20-8-3-9-21-39/h1-34H. The number of pyridine rings is 2. The largest absolute Gasteiger partial charge is 0.309 e. The van der Waals surface area contributed by atoms with E-state index in [-0.39, 0.29) is 0 Å². The fourth-order valence-electron chi connectivity index (χ4n) is 8.44. The van der Waals surface area contributed by atoms with Gasteiger partial charge in [0.1, 0.15) is 0 Å². The predicted octanol–water partition coefficient (Wildman–Crippen LogP) is 13.3. The van der Waals surface area contributed by atoms with Crippen LogP contribution in [0.4, 0.5) is 0 Å². The van der Waals surface area contributed by atoms with Crippen molar-refractivity contribution < 1.29 is 0 Å². The van der Waals surface area contributed by atoms with E-state index in [0.29, 0.717) is 0 Å². The van der Waals surface area contributed by atoms with Crippen LogP contribution in [-0.2, 0) is 0 Å². The first-order chi connectivity index (χ1) is 27.8. The van der Waals surface area contributed by atoms with Gasteiger partial charge in [-0.2, -0.15) is 0 Å². The normalized spacial score (nSPS) is 11.6. The number of aromatic nitrogens is 4. The smallest absolute Gasteiger partial charge is 0.0893 e. The number of nitrogens with zero attached hydrogens (tertiary/aromatic N) is 4. The zero-order chi connectivity index (χ0) is 37.0. The fourth-order valence-corrected chi connectivity index (χ4v) is 8.44. The molecular formula is C52H34N4. The number of hydrogen-bond acceptors (Lipinski definition) is 2. The Kier molecular flexibility index (Phi) is 7.46. The molecule has 0 aliphatic carbocycles. The van der Waals surface area contributed by atoms with E-state index in [1.807, 2.05) is 36.4 Å². The van der Waals surface area contributed by atoms with Crippen molar-refractivity contribution in [1.29, 1.82) is 0 Å². The van der Waals surface area contributed by atoms with Crippen molar-refractivity contribution in [2.24, 2.45) is 0 Å². The van der Waals surface area contributed by atoms with Gasteiger partial charge in [-0.3, -0.25) is 0 Å². The summed E-state index contributed by atoms with van der Waals surface area (Å²) in [7, 11) is 0. The van der Waals surface area contributed by atoms with E-state index in [1.165, 1.54) is 49.2 Å². The Balaban J connectivity index is 1.13. The minimum Gasteiger partial charge on any atom is -0.309 e. The Bertz CT molecular complexity index is 3220. The van der Waals surface area contributed by atoms with E-state index in [4.69, 9.17) is 9.97 Å². The monoisotopic (exact) mass is 714 g/mol. The van der Waals surface area contributed by atoms with E-state index in [0.717, 1.165) is 50.8 Å². The molecule has 4 aromatic heterocycles. The molecule has 0 aliphatic rings. The maximum absolute atomic E-state index is 5.12. The Morgan fingerprint density at radius 1 is 0.304 bits per heavy atom. The topological polar surface area (TPSA) is 35.6 Å². The van der Waals surface area contributed by atoms with E-state index in [1.54, 1.807) is 0 Å². The van der Waals surface area contributed by atoms with Crippen molar-refractivity contribution in [2.75, 3.05) is 0 Å². The summed E-state index contributed by atoms with van der Waals surface area (Å²) < 4.78 is 4.88. The molecule has 0 aliphatic heterocycles. The van der Waals surface area contributed by atoms with Gasteiger partial charge in [0.15, 0.2) is 0 Å². The molecule has 11 rings (SSSR count). The van der Waals surface area contributed by atoms with Crippen molar-refractivity contribution in [1.82, 2.24) is 19.1 Å². The summed E-state index contributed by atoms with van der Waals surface area (Å²) in [5.41, 5.74) is 15.0. The third-order valence-electron chi connectivity index (χ3n) is 10.9. The Morgan fingerprint density at radius 3 is 1.36 bits per heavy atom. The average molecular weight is 715 g/mol. The quantitative estimate of drug-likeness (QED) is 0.172. The molecule has 4 heterocycles. The molecule has 0 N–H and O–H groups in total. The molecule has 4 heteroatoms. The minimum atomic E-state index is 0.846. The molecular weight excluding hydrogens is 681 g/mol. The molecule has 0 unspecified atom stereocenters. The number of rotatable bonds is 6. The number of benzene rings is 7. The first kappa shape index (κ1) is 31.9. The zero-order valence-corrected chi connectivity index (χ0v) is 30.4. The van der Waals surface area contributed by atoms with Gasteiger partial charge in [-0.1, -0.05) is 140 Å². The Labute approximate surface area is 324 Å². The van der Waals surface area contributed by atoms with E-state index < -0.39 is 0 Å². The van der Waals surface area contributed by atoms with Crippen molar-refractivity contribution in [3.8, 4) is 56.4 Å². The van der Waals surface area contributed by atoms with Crippen LogP contribution in [0.3, 0.4) is 0 Å². The van der Waals surface area contributed by atoms with Gasteiger partial charge >= 0.3 is 0 Å². The molecule has 56 heavy (non-hydrogen) atoms. The van der Waals surface area contributed by atoms with Crippen LogP contribution in [0.2, 0.25) is 0 Å². The summed E-state index contributed by atoms with van der Waals surface area (Å²) in [5, 5.41) is 4.94. The second kappa shape index (κ2) is 13.1. The summed E-state index contributed by atoms with van der Waals surface area (Å²) in [6, 6.07) is 73.0. The molecule has 0 amide bonds. The van der Waals surface area contributed by atoms with Gasteiger partial charge in [0.2, 0.25) is 0 Å². The lowest BCUT2D eigenvalue weighted by molar-refractivity contribution is 1.17. The number of fused-ring (bicyclic) bond motifs is 7. The second-order valence-corrected chi connectivity index (χ2v) is 14.2. The maximum Gasteiger partial charge on any atom is 0.0893 e. The number of hydrogen-bond donors (Lipinski definition) is 0. The molecule has 7 aromatic carbocycles. The predicted molar refractivity (Wildman–Crippen MR) is 232 cm³/mol. The molecule has 0 bridgehead atoms. The van der Waals surface area contributed by atoms with Crippen LogP contribution in [0.1, 0.15) is 0 Å². The van der Waals surface area contributed by atoms with Crippen molar-refractivity contribution >= 4 is 43.6 Å². The van der Waals surface area contributed by atoms with Gasteiger partial charge in [0, 0.05) is 44.0 Å². The highest BCUT2D eigenvalue weighted by molar-refractivity contribution is 6.29. The average Bonchev–Trinajstić information content (AvgIpc) is 3.80. The molecule has 11 aromatic rings.